The summed E-state index contributed by atoms with van der Waals surface area (Å²) in [5, 5.41) is 12.2. The van der Waals surface area contributed by atoms with Gasteiger partial charge in [-0.25, -0.2) is 0 Å². The second-order valence-electron chi connectivity index (χ2n) is 2.75. The minimum absolute atomic E-state index is 0.761. The maximum atomic E-state index is 8.78. The lowest BCUT2D eigenvalue weighted by Gasteiger charge is -2.23. The van der Waals surface area contributed by atoms with E-state index in [1.807, 2.05) is 41.4 Å². The third-order valence-electron chi connectivity index (χ3n) is 1.94. The molecule has 1 aromatic rings. The highest BCUT2D eigenvalue weighted by molar-refractivity contribution is 5.47. The fourth-order valence-corrected chi connectivity index (χ4v) is 1.33. The van der Waals surface area contributed by atoms with Crippen molar-refractivity contribution in [1.82, 2.24) is 5.01 Å². The van der Waals surface area contributed by atoms with Gasteiger partial charge in [0.1, 0.15) is 0 Å². The van der Waals surface area contributed by atoms with Crippen molar-refractivity contribution >= 4 is 5.69 Å². The number of rotatable bonds is 1. The van der Waals surface area contributed by atoms with Crippen LogP contribution in [0, 0.1) is 11.5 Å². The Hall–Kier alpha value is -1.95. The molecule has 0 saturated carbocycles. The fourth-order valence-electron chi connectivity index (χ4n) is 1.33. The van der Waals surface area contributed by atoms with E-state index in [-0.39, 0.29) is 0 Å². The van der Waals surface area contributed by atoms with Gasteiger partial charge in [-0.15, -0.1) is 0 Å². The predicted octanol–water partition coefficient (Wildman–Crippen LogP) is 1.72. The van der Waals surface area contributed by atoms with E-state index in [1.54, 1.807) is 6.20 Å². The van der Waals surface area contributed by atoms with Crippen LogP contribution in [-0.2, 0) is 0 Å². The molecule has 64 valence electrons. The van der Waals surface area contributed by atoms with Crippen molar-refractivity contribution in [3.05, 3.63) is 42.6 Å². The SMILES string of the molecule is N#CN1C=CCN1c1ccccc1. The Bertz CT molecular complexity index is 350. The van der Waals surface area contributed by atoms with Crippen molar-refractivity contribution in [3.8, 4) is 6.19 Å². The molecule has 0 aromatic heterocycles. The van der Waals surface area contributed by atoms with E-state index in [1.165, 1.54) is 5.01 Å². The molecular formula is C10H9N3. The zero-order valence-electron chi connectivity index (χ0n) is 7.09. The lowest BCUT2D eigenvalue weighted by atomic mass is 10.3. The van der Waals surface area contributed by atoms with Gasteiger partial charge in [0.2, 0.25) is 6.19 Å². The van der Waals surface area contributed by atoms with Crippen LogP contribution >= 0.6 is 0 Å². The number of hydrazine groups is 1. The van der Waals surface area contributed by atoms with Crippen molar-refractivity contribution in [3.63, 3.8) is 0 Å². The second-order valence-corrected chi connectivity index (χ2v) is 2.75. The molecule has 0 fully saturated rings. The van der Waals surface area contributed by atoms with Crippen molar-refractivity contribution in [2.24, 2.45) is 0 Å². The van der Waals surface area contributed by atoms with E-state index < -0.39 is 0 Å². The van der Waals surface area contributed by atoms with E-state index in [4.69, 9.17) is 5.26 Å². The molecular weight excluding hydrogens is 162 g/mol. The molecule has 0 amide bonds. The van der Waals surface area contributed by atoms with E-state index in [0.717, 1.165) is 12.2 Å². The first-order valence-corrected chi connectivity index (χ1v) is 4.10. The highest BCUT2D eigenvalue weighted by Crippen LogP contribution is 2.18. The quantitative estimate of drug-likeness (QED) is 0.603. The van der Waals surface area contributed by atoms with Gasteiger partial charge in [-0.1, -0.05) is 18.2 Å². The molecule has 0 atom stereocenters. The summed E-state index contributed by atoms with van der Waals surface area (Å²) in [6, 6.07) is 9.85. The number of para-hydroxylation sites is 1. The van der Waals surface area contributed by atoms with Gasteiger partial charge in [0, 0.05) is 6.20 Å². The predicted molar refractivity (Wildman–Crippen MR) is 50.4 cm³/mol. The third-order valence-corrected chi connectivity index (χ3v) is 1.94. The summed E-state index contributed by atoms with van der Waals surface area (Å²) < 4.78 is 0. The summed E-state index contributed by atoms with van der Waals surface area (Å²) >= 11 is 0. The lowest BCUT2D eigenvalue weighted by Crippen LogP contribution is -2.31. The zero-order chi connectivity index (χ0) is 9.10. The molecule has 1 aromatic carbocycles. The lowest BCUT2D eigenvalue weighted by molar-refractivity contribution is 0.522. The molecule has 3 heteroatoms. The van der Waals surface area contributed by atoms with E-state index in [9.17, 15) is 0 Å². The second kappa shape index (κ2) is 3.20. The summed E-state index contributed by atoms with van der Waals surface area (Å²) in [6.07, 6.45) is 5.81. The van der Waals surface area contributed by atoms with Crippen LogP contribution in [0.5, 0.6) is 0 Å². The maximum absolute atomic E-state index is 8.78. The Balaban J connectivity index is 2.25. The van der Waals surface area contributed by atoms with Crippen molar-refractivity contribution in [2.75, 3.05) is 11.6 Å². The van der Waals surface area contributed by atoms with Gasteiger partial charge in [-0.2, -0.15) is 10.3 Å². The van der Waals surface area contributed by atoms with Gasteiger partial charge in [-0.3, -0.25) is 5.01 Å². The highest BCUT2D eigenvalue weighted by Gasteiger charge is 2.14. The van der Waals surface area contributed by atoms with Gasteiger partial charge in [0.05, 0.1) is 12.2 Å². The number of hydrogen-bond acceptors (Lipinski definition) is 3. The topological polar surface area (TPSA) is 30.3 Å². The van der Waals surface area contributed by atoms with Crippen molar-refractivity contribution < 1.29 is 0 Å². The van der Waals surface area contributed by atoms with Gasteiger partial charge in [0.25, 0.3) is 0 Å². The van der Waals surface area contributed by atoms with Crippen LogP contribution in [0.2, 0.25) is 0 Å². The number of nitriles is 1. The molecule has 0 unspecified atom stereocenters. The summed E-state index contributed by atoms with van der Waals surface area (Å²) in [5.74, 6) is 0. The number of anilines is 1. The summed E-state index contributed by atoms with van der Waals surface area (Å²) in [4.78, 5) is 0. The monoisotopic (exact) mass is 171 g/mol. The van der Waals surface area contributed by atoms with Crippen LogP contribution in [0.25, 0.3) is 0 Å². The van der Waals surface area contributed by atoms with Gasteiger partial charge < -0.3 is 0 Å². The van der Waals surface area contributed by atoms with E-state index in [2.05, 4.69) is 6.19 Å². The van der Waals surface area contributed by atoms with Crippen LogP contribution in [0.15, 0.2) is 42.6 Å². The first-order valence-electron chi connectivity index (χ1n) is 4.10. The molecule has 0 radical (unpaired) electrons. The minimum atomic E-state index is 0.761. The average molecular weight is 171 g/mol. The fraction of sp³-hybridized carbons (Fsp3) is 0.100. The Labute approximate surface area is 77.1 Å². The van der Waals surface area contributed by atoms with Gasteiger partial charge in [-0.05, 0) is 18.2 Å². The summed E-state index contributed by atoms with van der Waals surface area (Å²) in [5.41, 5.74) is 1.04. The molecule has 3 nitrogen and oxygen atoms in total. The first-order chi connectivity index (χ1) is 6.42. The number of nitrogens with zero attached hydrogens (tertiary/aromatic N) is 3. The summed E-state index contributed by atoms with van der Waals surface area (Å²) in [7, 11) is 0. The molecule has 0 saturated heterocycles. The first kappa shape index (κ1) is 7.69. The van der Waals surface area contributed by atoms with Crippen LogP contribution in [-0.4, -0.2) is 11.6 Å². The van der Waals surface area contributed by atoms with E-state index >= 15 is 0 Å². The van der Waals surface area contributed by atoms with Crippen molar-refractivity contribution in [1.29, 1.82) is 5.26 Å². The smallest absolute Gasteiger partial charge is 0.204 e. The Morgan fingerprint density at radius 1 is 1.23 bits per heavy atom. The highest BCUT2D eigenvalue weighted by atomic mass is 15.6. The molecule has 13 heavy (non-hydrogen) atoms. The number of benzene rings is 1. The maximum Gasteiger partial charge on any atom is 0.204 e. The molecule has 0 spiro atoms. The Morgan fingerprint density at radius 3 is 2.69 bits per heavy atom. The van der Waals surface area contributed by atoms with Crippen LogP contribution in [0.1, 0.15) is 0 Å². The third kappa shape index (κ3) is 1.34. The number of hydrogen-bond donors (Lipinski definition) is 0. The standard InChI is InChI=1S/C10H9N3/c11-9-12-7-4-8-13(12)10-5-2-1-3-6-10/h1-7H,8H2. The summed E-state index contributed by atoms with van der Waals surface area (Å²) in [6.45, 7) is 0.761. The normalized spacial score (nSPS) is 14.7. The molecule has 1 aliphatic rings. The Morgan fingerprint density at radius 2 is 2.00 bits per heavy atom. The molecule has 0 aliphatic carbocycles. The molecule has 0 N–H and O–H groups in total. The van der Waals surface area contributed by atoms with Crippen molar-refractivity contribution in [2.45, 2.75) is 0 Å². The van der Waals surface area contributed by atoms with E-state index in [0.29, 0.717) is 0 Å². The van der Waals surface area contributed by atoms with Gasteiger partial charge >= 0.3 is 0 Å². The zero-order valence-corrected chi connectivity index (χ0v) is 7.09. The average Bonchev–Trinajstić information content (AvgIpc) is 2.67. The molecule has 2 rings (SSSR count). The molecule has 1 heterocycles. The molecule has 1 aliphatic heterocycles. The van der Waals surface area contributed by atoms with Crippen LogP contribution in [0.4, 0.5) is 5.69 Å². The minimum Gasteiger partial charge on any atom is -0.269 e. The van der Waals surface area contributed by atoms with Crippen LogP contribution in [0.3, 0.4) is 0 Å². The Kier molecular flexibility index (Phi) is 1.89. The van der Waals surface area contributed by atoms with Gasteiger partial charge in [0.15, 0.2) is 0 Å². The largest absolute Gasteiger partial charge is 0.269 e. The van der Waals surface area contributed by atoms with Crippen LogP contribution < -0.4 is 5.01 Å². The molecule has 0 bridgehead atoms.